The van der Waals surface area contributed by atoms with Crippen LogP contribution in [0.2, 0.25) is 5.02 Å². The molecule has 2 aromatic carbocycles. The van der Waals surface area contributed by atoms with Gasteiger partial charge in [-0.1, -0.05) is 41.9 Å². The van der Waals surface area contributed by atoms with Gasteiger partial charge in [0.05, 0.1) is 10.6 Å². The molecule has 2 aromatic rings. The van der Waals surface area contributed by atoms with Gasteiger partial charge in [0.25, 0.3) is 17.4 Å². The second-order valence-electron chi connectivity index (χ2n) is 10.6. The molecule has 4 rings (SSSR count). The summed E-state index contributed by atoms with van der Waals surface area (Å²) in [6.07, 6.45) is -0.963. The summed E-state index contributed by atoms with van der Waals surface area (Å²) < 4.78 is 41.7. The highest BCUT2D eigenvalue weighted by Gasteiger charge is 2.63. The number of piperidine rings is 1. The number of carbonyl (C=O) groups excluding carboxylic acids is 2. The van der Waals surface area contributed by atoms with Crippen LogP contribution in [0.15, 0.2) is 48.5 Å². The summed E-state index contributed by atoms with van der Waals surface area (Å²) >= 11 is 6.27. The second-order valence-corrected chi connectivity index (χ2v) is 11.0. The molecule has 2 N–H and O–H groups in total. The van der Waals surface area contributed by atoms with Gasteiger partial charge >= 0.3 is 6.18 Å². The van der Waals surface area contributed by atoms with E-state index >= 15 is 0 Å². The average molecular weight is 552 g/mol. The van der Waals surface area contributed by atoms with E-state index < -0.39 is 23.2 Å². The number of nitrogens with one attached hydrogen (secondary N) is 1. The molecule has 1 saturated carbocycles. The number of likely N-dealkylation sites (tertiary alicyclic amines) is 1. The van der Waals surface area contributed by atoms with E-state index in [2.05, 4.69) is 5.32 Å². The van der Waals surface area contributed by atoms with Gasteiger partial charge in [-0.25, -0.2) is 0 Å². The van der Waals surface area contributed by atoms with Gasteiger partial charge in [0.15, 0.2) is 0 Å². The number of benzene rings is 2. The predicted molar refractivity (Wildman–Crippen MR) is 140 cm³/mol. The number of hydrogen-bond donors (Lipinski definition) is 2. The topological polar surface area (TPSA) is 72.9 Å². The van der Waals surface area contributed by atoms with Gasteiger partial charge in [0.1, 0.15) is 0 Å². The summed E-state index contributed by atoms with van der Waals surface area (Å²) in [5.41, 5.74) is -2.66. The maximum Gasteiger partial charge on any atom is 0.430 e. The fraction of sp³-hybridized carbons (Fsp3) is 0.500. The standard InChI is InChI=1S/C28H33ClF3N3O3/c1-34(2)24(36)22-11-10-21(17-23(22)29)33-14-6-9-20-18-26(20)12-15-35(16-13-26)25(37)27(38,28(30,31)32)19-7-4-3-5-8-19/h3-5,7-8,10-11,17,20,33,38H,6,9,12-16,18H2,1-2H3/t20-,27?/m0/s1. The molecule has 0 aromatic heterocycles. The van der Waals surface area contributed by atoms with Crippen LogP contribution in [-0.4, -0.2) is 66.6 Å². The molecule has 1 saturated heterocycles. The van der Waals surface area contributed by atoms with Gasteiger partial charge in [-0.3, -0.25) is 9.59 Å². The average Bonchev–Trinajstić information content (AvgIpc) is 3.56. The number of halogens is 4. The third-order valence-corrected chi connectivity index (χ3v) is 8.29. The Morgan fingerprint density at radius 3 is 2.37 bits per heavy atom. The lowest BCUT2D eigenvalue weighted by Crippen LogP contribution is -2.57. The molecule has 2 aliphatic rings. The first kappa shape index (κ1) is 28.2. The fourth-order valence-electron chi connectivity index (χ4n) is 5.54. The van der Waals surface area contributed by atoms with E-state index in [1.165, 1.54) is 23.1 Å². The Bertz CT molecular complexity index is 1170. The number of nitrogens with zero attached hydrogens (tertiary/aromatic N) is 2. The molecule has 2 atom stereocenters. The Labute approximate surface area is 225 Å². The van der Waals surface area contributed by atoms with Crippen molar-refractivity contribution in [3.63, 3.8) is 0 Å². The van der Waals surface area contributed by atoms with Crippen LogP contribution in [-0.2, 0) is 10.4 Å². The van der Waals surface area contributed by atoms with Gasteiger partial charge in [-0.05, 0) is 61.6 Å². The summed E-state index contributed by atoms with van der Waals surface area (Å²) in [4.78, 5) is 27.7. The number of alkyl halides is 3. The zero-order chi connectivity index (χ0) is 27.7. The molecule has 1 aliphatic heterocycles. The van der Waals surface area contributed by atoms with Crippen LogP contribution in [0.25, 0.3) is 0 Å². The summed E-state index contributed by atoms with van der Waals surface area (Å²) in [5.74, 6) is -0.984. The van der Waals surface area contributed by atoms with Crippen molar-refractivity contribution >= 4 is 29.1 Å². The molecule has 38 heavy (non-hydrogen) atoms. The highest BCUT2D eigenvalue weighted by atomic mass is 35.5. The minimum atomic E-state index is -5.12. The van der Waals surface area contributed by atoms with Crippen molar-refractivity contribution in [1.29, 1.82) is 0 Å². The van der Waals surface area contributed by atoms with E-state index in [4.69, 9.17) is 11.6 Å². The van der Waals surface area contributed by atoms with E-state index in [0.717, 1.165) is 48.5 Å². The maximum atomic E-state index is 13.9. The molecular weight excluding hydrogens is 519 g/mol. The Morgan fingerprint density at radius 1 is 1.13 bits per heavy atom. The molecule has 2 fully saturated rings. The van der Waals surface area contributed by atoms with Crippen molar-refractivity contribution in [3.05, 3.63) is 64.7 Å². The van der Waals surface area contributed by atoms with Gasteiger partial charge in [0.2, 0.25) is 0 Å². The van der Waals surface area contributed by atoms with Crippen molar-refractivity contribution in [2.75, 3.05) is 39.0 Å². The SMILES string of the molecule is CN(C)C(=O)c1ccc(NCCC[C@H]2CC23CCN(C(=O)C(O)(c2ccccc2)C(F)(F)F)CC3)cc1Cl. The fourth-order valence-corrected chi connectivity index (χ4v) is 5.81. The number of rotatable bonds is 8. The van der Waals surface area contributed by atoms with Crippen LogP contribution in [0.1, 0.15) is 48.0 Å². The molecule has 0 radical (unpaired) electrons. The minimum Gasteiger partial charge on any atom is -0.385 e. The van der Waals surface area contributed by atoms with Crippen molar-refractivity contribution in [2.45, 2.75) is 43.9 Å². The third-order valence-electron chi connectivity index (χ3n) is 7.98. The van der Waals surface area contributed by atoms with Crippen LogP contribution in [0.5, 0.6) is 0 Å². The van der Waals surface area contributed by atoms with Crippen molar-refractivity contribution in [1.82, 2.24) is 9.80 Å². The van der Waals surface area contributed by atoms with Crippen LogP contribution in [0.3, 0.4) is 0 Å². The smallest absolute Gasteiger partial charge is 0.385 e. The van der Waals surface area contributed by atoms with Crippen LogP contribution >= 0.6 is 11.6 Å². The lowest BCUT2D eigenvalue weighted by Gasteiger charge is -2.39. The quantitative estimate of drug-likeness (QED) is 0.436. The first-order chi connectivity index (χ1) is 17.9. The van der Waals surface area contributed by atoms with Crippen LogP contribution in [0, 0.1) is 11.3 Å². The zero-order valence-corrected chi connectivity index (χ0v) is 22.3. The molecule has 206 valence electrons. The molecule has 2 amide bonds. The highest BCUT2D eigenvalue weighted by molar-refractivity contribution is 6.34. The van der Waals surface area contributed by atoms with Gasteiger partial charge in [-0.2, -0.15) is 13.2 Å². The summed E-state index contributed by atoms with van der Waals surface area (Å²) in [6.45, 7) is 1.13. The van der Waals surface area contributed by atoms with E-state index in [0.29, 0.717) is 29.3 Å². The normalized spacial score (nSPS) is 20.1. The summed E-state index contributed by atoms with van der Waals surface area (Å²) in [6, 6.07) is 11.8. The van der Waals surface area contributed by atoms with Gasteiger partial charge in [-0.15, -0.1) is 0 Å². The minimum absolute atomic E-state index is 0.0668. The first-order valence-corrected chi connectivity index (χ1v) is 13.2. The maximum absolute atomic E-state index is 13.9. The molecule has 0 bridgehead atoms. The molecule has 1 heterocycles. The Kier molecular flexibility index (Phi) is 8.00. The Balaban J connectivity index is 1.26. The number of hydrogen-bond acceptors (Lipinski definition) is 4. The highest BCUT2D eigenvalue weighted by Crippen LogP contribution is 2.61. The van der Waals surface area contributed by atoms with Gasteiger partial charge in [0, 0.05) is 45.0 Å². The van der Waals surface area contributed by atoms with E-state index in [-0.39, 0.29) is 24.4 Å². The Hall–Kier alpha value is -2.78. The van der Waals surface area contributed by atoms with Crippen molar-refractivity contribution in [2.24, 2.45) is 11.3 Å². The lowest BCUT2D eigenvalue weighted by molar-refractivity contribution is -0.262. The lowest BCUT2D eigenvalue weighted by atomic mass is 9.86. The van der Waals surface area contributed by atoms with E-state index in [1.807, 2.05) is 6.07 Å². The molecule has 1 spiro atoms. The van der Waals surface area contributed by atoms with E-state index in [1.54, 1.807) is 26.2 Å². The molecule has 10 heteroatoms. The predicted octanol–water partition coefficient (Wildman–Crippen LogP) is 5.31. The number of anilines is 1. The van der Waals surface area contributed by atoms with Crippen molar-refractivity contribution in [3.8, 4) is 0 Å². The molecular formula is C28H33ClF3N3O3. The number of carbonyl (C=O) groups is 2. The second kappa shape index (κ2) is 10.8. The number of aliphatic hydroxyl groups is 1. The summed E-state index contributed by atoms with van der Waals surface area (Å²) in [5, 5.41) is 14.3. The van der Waals surface area contributed by atoms with Crippen LogP contribution < -0.4 is 5.32 Å². The molecule has 1 unspecified atom stereocenters. The zero-order valence-electron chi connectivity index (χ0n) is 21.5. The van der Waals surface area contributed by atoms with E-state index in [9.17, 15) is 27.9 Å². The molecule has 1 aliphatic carbocycles. The van der Waals surface area contributed by atoms with Crippen LogP contribution in [0.4, 0.5) is 18.9 Å². The first-order valence-electron chi connectivity index (χ1n) is 12.8. The monoisotopic (exact) mass is 551 g/mol. The van der Waals surface area contributed by atoms with Crippen molar-refractivity contribution < 1.29 is 27.9 Å². The summed E-state index contributed by atoms with van der Waals surface area (Å²) in [7, 11) is 3.34. The van der Waals surface area contributed by atoms with Gasteiger partial charge < -0.3 is 20.2 Å². The number of amides is 2. The Morgan fingerprint density at radius 2 is 1.79 bits per heavy atom. The third kappa shape index (κ3) is 5.50. The molecule has 6 nitrogen and oxygen atoms in total. The largest absolute Gasteiger partial charge is 0.430 e.